The van der Waals surface area contributed by atoms with Gasteiger partial charge < -0.3 is 24.7 Å². The third-order valence-corrected chi connectivity index (χ3v) is 6.55. The molecule has 0 aliphatic rings. The molecule has 7 nitrogen and oxygen atoms in total. The summed E-state index contributed by atoms with van der Waals surface area (Å²) in [5.74, 6) is 0.111. The standard InChI is InChI=1S/C31H33NO6/c1-19(2)15-22(16-28(36)32-14-13-20-9-11-23(37-3)12-10-20)29-24(33)17-25(34)30-26(35)18-27(38-31(29)30)21-7-5-4-6-8-21/h4-12,17-19,22,33-34H,13-16H2,1-3H3,(H,32,36)/t22-/m0/s1. The Labute approximate surface area is 221 Å². The van der Waals surface area contributed by atoms with Crippen molar-refractivity contribution in [3.05, 3.63) is 88.1 Å². The van der Waals surface area contributed by atoms with Crippen molar-refractivity contribution in [3.63, 3.8) is 0 Å². The van der Waals surface area contributed by atoms with Gasteiger partial charge in [0.2, 0.25) is 5.91 Å². The van der Waals surface area contributed by atoms with E-state index in [1.54, 1.807) is 7.11 Å². The van der Waals surface area contributed by atoms with Crippen molar-refractivity contribution in [1.82, 2.24) is 5.32 Å². The minimum atomic E-state index is -0.437. The van der Waals surface area contributed by atoms with Gasteiger partial charge in [-0.05, 0) is 36.5 Å². The maximum Gasteiger partial charge on any atom is 0.220 e. The molecular weight excluding hydrogens is 482 g/mol. The van der Waals surface area contributed by atoms with Crippen molar-refractivity contribution >= 4 is 16.9 Å². The Morgan fingerprint density at radius 2 is 1.71 bits per heavy atom. The first kappa shape index (κ1) is 26.8. The van der Waals surface area contributed by atoms with E-state index in [0.717, 1.165) is 17.4 Å². The van der Waals surface area contributed by atoms with Gasteiger partial charge >= 0.3 is 0 Å². The summed E-state index contributed by atoms with van der Waals surface area (Å²) in [5, 5.41) is 24.4. The van der Waals surface area contributed by atoms with Crippen LogP contribution in [0, 0.1) is 5.92 Å². The van der Waals surface area contributed by atoms with Gasteiger partial charge in [0.15, 0.2) is 5.43 Å². The molecule has 7 heteroatoms. The Kier molecular flexibility index (Phi) is 8.36. The molecule has 4 aromatic rings. The molecule has 1 atom stereocenters. The topological polar surface area (TPSA) is 109 Å². The molecule has 0 fully saturated rings. The second-order valence-electron chi connectivity index (χ2n) is 9.85. The Bertz CT molecular complexity index is 1460. The Balaban J connectivity index is 1.64. The zero-order chi connectivity index (χ0) is 27.2. The van der Waals surface area contributed by atoms with E-state index in [1.807, 2.05) is 68.4 Å². The largest absolute Gasteiger partial charge is 0.507 e. The lowest BCUT2D eigenvalue weighted by atomic mass is 9.85. The number of aromatic hydroxyl groups is 2. The Morgan fingerprint density at radius 3 is 2.37 bits per heavy atom. The van der Waals surface area contributed by atoms with Gasteiger partial charge in [-0.2, -0.15) is 0 Å². The summed E-state index contributed by atoms with van der Waals surface area (Å²) in [5.41, 5.74) is 1.80. The number of rotatable bonds is 10. The molecule has 198 valence electrons. The highest BCUT2D eigenvalue weighted by molar-refractivity contribution is 5.90. The summed E-state index contributed by atoms with van der Waals surface area (Å²) in [4.78, 5) is 26.1. The lowest BCUT2D eigenvalue weighted by molar-refractivity contribution is -0.121. The molecule has 1 amide bonds. The van der Waals surface area contributed by atoms with E-state index in [4.69, 9.17) is 9.15 Å². The van der Waals surface area contributed by atoms with Crippen LogP contribution in [0.1, 0.15) is 43.7 Å². The highest BCUT2D eigenvalue weighted by Gasteiger charge is 2.27. The fourth-order valence-corrected chi connectivity index (χ4v) is 4.77. The summed E-state index contributed by atoms with van der Waals surface area (Å²) in [6.45, 7) is 4.51. The molecule has 0 spiro atoms. The van der Waals surface area contributed by atoms with Gasteiger partial charge in [-0.15, -0.1) is 0 Å². The monoisotopic (exact) mass is 515 g/mol. The molecule has 0 saturated heterocycles. The molecule has 38 heavy (non-hydrogen) atoms. The van der Waals surface area contributed by atoms with E-state index in [-0.39, 0.29) is 40.7 Å². The molecule has 0 saturated carbocycles. The van der Waals surface area contributed by atoms with Crippen molar-refractivity contribution in [2.24, 2.45) is 5.92 Å². The quantitative estimate of drug-likeness (QED) is 0.248. The lowest BCUT2D eigenvalue weighted by Crippen LogP contribution is -2.27. The number of fused-ring (bicyclic) bond motifs is 1. The number of hydrogen-bond donors (Lipinski definition) is 3. The molecule has 1 aromatic heterocycles. The average Bonchev–Trinajstić information content (AvgIpc) is 2.88. The lowest BCUT2D eigenvalue weighted by Gasteiger charge is -2.22. The van der Waals surface area contributed by atoms with Crippen molar-refractivity contribution in [2.75, 3.05) is 13.7 Å². The summed E-state index contributed by atoms with van der Waals surface area (Å²) in [6, 6.07) is 19.3. The second-order valence-corrected chi connectivity index (χ2v) is 9.85. The Morgan fingerprint density at radius 1 is 1.00 bits per heavy atom. The van der Waals surface area contributed by atoms with Crippen LogP contribution in [-0.2, 0) is 11.2 Å². The first-order valence-electron chi connectivity index (χ1n) is 12.7. The number of nitrogens with one attached hydrogen (secondary N) is 1. The predicted octanol–water partition coefficient (Wildman–Crippen LogP) is 5.76. The average molecular weight is 516 g/mol. The van der Waals surface area contributed by atoms with E-state index in [9.17, 15) is 19.8 Å². The van der Waals surface area contributed by atoms with Crippen LogP contribution >= 0.6 is 0 Å². The maximum absolute atomic E-state index is 13.1. The Hall–Kier alpha value is -4.26. The van der Waals surface area contributed by atoms with Gasteiger partial charge in [-0.1, -0.05) is 56.3 Å². The number of hydrogen-bond acceptors (Lipinski definition) is 6. The van der Waals surface area contributed by atoms with Crippen molar-refractivity contribution in [2.45, 2.75) is 39.0 Å². The first-order chi connectivity index (χ1) is 18.3. The van der Waals surface area contributed by atoms with E-state index in [2.05, 4.69) is 5.32 Å². The number of benzene rings is 3. The number of methoxy groups -OCH3 is 1. The molecular formula is C31H33NO6. The van der Waals surface area contributed by atoms with Gasteiger partial charge in [0.25, 0.3) is 0 Å². The third-order valence-electron chi connectivity index (χ3n) is 6.55. The third kappa shape index (κ3) is 6.17. The van der Waals surface area contributed by atoms with Gasteiger partial charge in [0, 0.05) is 42.1 Å². The maximum atomic E-state index is 13.1. The van der Waals surface area contributed by atoms with Crippen LogP contribution in [0.5, 0.6) is 17.2 Å². The number of carbonyl (C=O) groups is 1. The molecule has 0 radical (unpaired) electrons. The highest BCUT2D eigenvalue weighted by Crippen LogP contribution is 2.42. The SMILES string of the molecule is COc1ccc(CCNC(=O)C[C@H](CC(C)C)c2c(O)cc(O)c3c(=O)cc(-c4ccccc4)oc23)cc1. The summed E-state index contributed by atoms with van der Waals surface area (Å²) in [6.07, 6.45) is 1.32. The van der Waals surface area contributed by atoms with Crippen LogP contribution in [0.4, 0.5) is 0 Å². The van der Waals surface area contributed by atoms with Gasteiger partial charge in [-0.3, -0.25) is 9.59 Å². The van der Waals surface area contributed by atoms with E-state index < -0.39 is 11.3 Å². The zero-order valence-electron chi connectivity index (χ0n) is 21.9. The minimum absolute atomic E-state index is 0.00819. The van der Waals surface area contributed by atoms with Crippen molar-refractivity contribution in [1.29, 1.82) is 0 Å². The van der Waals surface area contributed by atoms with Crippen LogP contribution in [0.15, 0.2) is 75.9 Å². The van der Waals surface area contributed by atoms with Crippen LogP contribution < -0.4 is 15.5 Å². The minimum Gasteiger partial charge on any atom is -0.507 e. The summed E-state index contributed by atoms with van der Waals surface area (Å²) in [7, 11) is 1.62. The molecule has 4 rings (SSSR count). The van der Waals surface area contributed by atoms with Crippen molar-refractivity contribution in [3.8, 4) is 28.6 Å². The first-order valence-corrected chi connectivity index (χ1v) is 12.7. The summed E-state index contributed by atoms with van der Waals surface area (Å²) >= 11 is 0. The summed E-state index contributed by atoms with van der Waals surface area (Å²) < 4.78 is 11.3. The number of amides is 1. The molecule has 0 unspecified atom stereocenters. The smallest absolute Gasteiger partial charge is 0.220 e. The van der Waals surface area contributed by atoms with E-state index in [1.165, 1.54) is 6.07 Å². The van der Waals surface area contributed by atoms with Crippen LogP contribution in [0.3, 0.4) is 0 Å². The zero-order valence-corrected chi connectivity index (χ0v) is 21.9. The van der Waals surface area contributed by atoms with Crippen LogP contribution in [0.2, 0.25) is 0 Å². The van der Waals surface area contributed by atoms with E-state index in [0.29, 0.717) is 36.3 Å². The van der Waals surface area contributed by atoms with Gasteiger partial charge in [0.1, 0.15) is 34.0 Å². The molecule has 0 aliphatic heterocycles. The van der Waals surface area contributed by atoms with Crippen molar-refractivity contribution < 1.29 is 24.2 Å². The van der Waals surface area contributed by atoms with Gasteiger partial charge in [0.05, 0.1) is 7.11 Å². The van der Waals surface area contributed by atoms with Crippen LogP contribution in [-0.4, -0.2) is 29.8 Å². The number of carbonyl (C=O) groups excluding carboxylic acids is 1. The highest BCUT2D eigenvalue weighted by atomic mass is 16.5. The number of ether oxygens (including phenoxy) is 1. The molecule has 1 heterocycles. The molecule has 3 aromatic carbocycles. The number of phenols is 2. The number of phenolic OH excluding ortho intramolecular Hbond substituents is 2. The molecule has 3 N–H and O–H groups in total. The van der Waals surface area contributed by atoms with Crippen LogP contribution in [0.25, 0.3) is 22.3 Å². The molecule has 0 aliphatic carbocycles. The normalized spacial score (nSPS) is 12.0. The van der Waals surface area contributed by atoms with E-state index >= 15 is 0 Å². The van der Waals surface area contributed by atoms with Gasteiger partial charge in [-0.25, -0.2) is 0 Å². The predicted molar refractivity (Wildman–Crippen MR) is 148 cm³/mol. The fraction of sp³-hybridized carbons (Fsp3) is 0.290. The second kappa shape index (κ2) is 11.9. The fourth-order valence-electron chi connectivity index (χ4n) is 4.77. The molecule has 0 bridgehead atoms.